The maximum absolute atomic E-state index is 12.2. The Labute approximate surface area is 91.1 Å². The van der Waals surface area contributed by atoms with Gasteiger partial charge in [-0.15, -0.1) is 0 Å². The molecular weight excluding hydrogens is 215 g/mol. The number of hydrogen-bond donors (Lipinski definition) is 3. The van der Waals surface area contributed by atoms with Gasteiger partial charge in [0, 0.05) is 24.6 Å². The molecule has 0 amide bonds. The molecule has 0 aliphatic rings. The van der Waals surface area contributed by atoms with E-state index in [1.165, 1.54) is 12.1 Å². The monoisotopic (exact) mass is 228 g/mol. The topological polar surface area (TPSA) is 96.2 Å². The second kappa shape index (κ2) is 5.41. The number of nitrogens with two attached hydrogens (primary N) is 1. The summed E-state index contributed by atoms with van der Waals surface area (Å²) in [6.45, 7) is -0.568. The van der Waals surface area contributed by atoms with Crippen molar-refractivity contribution in [1.82, 2.24) is 4.98 Å². The van der Waals surface area contributed by atoms with Gasteiger partial charge in [0.15, 0.2) is 0 Å². The minimum atomic E-state index is -1.16. The third-order valence-electron chi connectivity index (χ3n) is 2.20. The molecule has 0 unspecified atom stereocenters. The quantitative estimate of drug-likeness (QED) is 0.652. The first-order chi connectivity index (χ1) is 7.54. The molecule has 1 aromatic rings. The maximum atomic E-state index is 12.2. The fraction of sp³-hybridized carbons (Fsp3) is 0.400. The van der Waals surface area contributed by atoms with Crippen molar-refractivity contribution in [3.8, 4) is 0 Å². The molecule has 16 heavy (non-hydrogen) atoms. The van der Waals surface area contributed by atoms with E-state index in [-0.39, 0.29) is 18.4 Å². The Morgan fingerprint density at radius 3 is 2.81 bits per heavy atom. The van der Waals surface area contributed by atoms with Gasteiger partial charge in [0.25, 0.3) is 0 Å². The lowest BCUT2D eigenvalue weighted by Gasteiger charge is -2.10. The second-order valence-corrected chi connectivity index (χ2v) is 3.41. The molecule has 6 heteroatoms. The molecule has 0 aliphatic carbocycles. The number of aromatic amines is 1. The molecule has 1 aromatic heterocycles. The van der Waals surface area contributed by atoms with Crippen molar-refractivity contribution in [3.63, 3.8) is 0 Å². The Morgan fingerprint density at radius 1 is 1.56 bits per heavy atom. The van der Waals surface area contributed by atoms with Crippen LogP contribution in [0.15, 0.2) is 16.9 Å². The molecule has 0 aliphatic heterocycles. The number of carboxylic acids is 1. The van der Waals surface area contributed by atoms with Gasteiger partial charge in [0.1, 0.15) is 6.04 Å². The Hall–Kier alpha value is -1.69. The molecule has 0 bridgehead atoms. The predicted octanol–water partition coefficient (Wildman–Crippen LogP) is -0.159. The number of pyridine rings is 1. The van der Waals surface area contributed by atoms with Crippen molar-refractivity contribution in [2.75, 3.05) is 6.67 Å². The van der Waals surface area contributed by atoms with E-state index in [9.17, 15) is 14.0 Å². The van der Waals surface area contributed by atoms with Crippen molar-refractivity contribution in [2.45, 2.75) is 18.9 Å². The average molecular weight is 228 g/mol. The molecule has 0 spiro atoms. The molecule has 0 aromatic carbocycles. The van der Waals surface area contributed by atoms with Gasteiger partial charge in [-0.1, -0.05) is 6.07 Å². The Morgan fingerprint density at radius 2 is 2.25 bits per heavy atom. The molecule has 0 fully saturated rings. The number of aryl methyl sites for hydroxylation is 1. The standard InChI is InChI=1S/C10H13FN2O3/c11-4-3-6-1-2-9(14)13-8(6)5-7(12)10(15)16/h1-2,7H,3-5,12H2,(H,13,14)(H,15,16)/t7-/m1/s1. The number of alkyl halides is 1. The Bertz CT molecular complexity index is 430. The van der Waals surface area contributed by atoms with E-state index in [1.54, 1.807) is 0 Å². The van der Waals surface area contributed by atoms with E-state index in [0.717, 1.165) is 0 Å². The van der Waals surface area contributed by atoms with Crippen LogP contribution < -0.4 is 11.3 Å². The van der Waals surface area contributed by atoms with Crippen LogP contribution in [0.5, 0.6) is 0 Å². The van der Waals surface area contributed by atoms with Gasteiger partial charge in [0.2, 0.25) is 5.56 Å². The zero-order valence-electron chi connectivity index (χ0n) is 8.57. The first kappa shape index (κ1) is 12.4. The van der Waals surface area contributed by atoms with Gasteiger partial charge in [-0.3, -0.25) is 14.0 Å². The lowest BCUT2D eigenvalue weighted by molar-refractivity contribution is -0.138. The van der Waals surface area contributed by atoms with Gasteiger partial charge in [0.05, 0.1) is 6.67 Å². The van der Waals surface area contributed by atoms with Crippen molar-refractivity contribution in [1.29, 1.82) is 0 Å². The van der Waals surface area contributed by atoms with E-state index in [1.807, 2.05) is 0 Å². The molecule has 1 heterocycles. The average Bonchev–Trinajstić information content (AvgIpc) is 2.22. The minimum absolute atomic E-state index is 0.0131. The number of rotatable bonds is 5. The molecule has 88 valence electrons. The first-order valence-corrected chi connectivity index (χ1v) is 4.80. The van der Waals surface area contributed by atoms with E-state index >= 15 is 0 Å². The molecule has 0 radical (unpaired) electrons. The zero-order chi connectivity index (χ0) is 12.1. The van der Waals surface area contributed by atoms with Gasteiger partial charge < -0.3 is 15.8 Å². The molecular formula is C10H13FN2O3. The summed E-state index contributed by atoms with van der Waals surface area (Å²) in [6, 6.07) is 1.67. The van der Waals surface area contributed by atoms with E-state index < -0.39 is 18.7 Å². The molecule has 1 atom stereocenters. The highest BCUT2D eigenvalue weighted by molar-refractivity contribution is 5.73. The van der Waals surface area contributed by atoms with Crippen molar-refractivity contribution in [2.24, 2.45) is 5.73 Å². The van der Waals surface area contributed by atoms with Crippen molar-refractivity contribution in [3.05, 3.63) is 33.7 Å². The lowest BCUT2D eigenvalue weighted by Crippen LogP contribution is -2.33. The number of nitrogens with one attached hydrogen (secondary N) is 1. The summed E-state index contributed by atoms with van der Waals surface area (Å²) in [7, 11) is 0. The highest BCUT2D eigenvalue weighted by Gasteiger charge is 2.15. The van der Waals surface area contributed by atoms with Gasteiger partial charge in [-0.05, 0) is 5.56 Å². The minimum Gasteiger partial charge on any atom is -0.480 e. The lowest BCUT2D eigenvalue weighted by atomic mass is 10.0. The second-order valence-electron chi connectivity index (χ2n) is 3.41. The maximum Gasteiger partial charge on any atom is 0.320 e. The van der Waals surface area contributed by atoms with Crippen LogP contribution in [0.4, 0.5) is 4.39 Å². The molecule has 4 N–H and O–H groups in total. The number of hydrogen-bond acceptors (Lipinski definition) is 3. The summed E-state index contributed by atoms with van der Waals surface area (Å²) >= 11 is 0. The summed E-state index contributed by atoms with van der Waals surface area (Å²) in [5.74, 6) is -1.16. The number of H-pyrrole nitrogens is 1. The van der Waals surface area contributed by atoms with Crippen LogP contribution in [0.25, 0.3) is 0 Å². The summed E-state index contributed by atoms with van der Waals surface area (Å²) in [5.41, 5.74) is 5.97. The van der Waals surface area contributed by atoms with Gasteiger partial charge in [-0.2, -0.15) is 0 Å². The zero-order valence-corrected chi connectivity index (χ0v) is 8.57. The fourth-order valence-electron chi connectivity index (χ4n) is 1.37. The smallest absolute Gasteiger partial charge is 0.320 e. The third-order valence-corrected chi connectivity index (χ3v) is 2.20. The van der Waals surface area contributed by atoms with Crippen LogP contribution in [0.3, 0.4) is 0 Å². The number of carbonyl (C=O) groups is 1. The summed E-state index contributed by atoms with van der Waals surface area (Å²) < 4.78 is 12.2. The normalized spacial score (nSPS) is 12.4. The molecule has 0 saturated heterocycles. The fourth-order valence-corrected chi connectivity index (χ4v) is 1.37. The summed E-state index contributed by atoms with van der Waals surface area (Å²) in [4.78, 5) is 24.1. The van der Waals surface area contributed by atoms with Crippen LogP contribution in [0.2, 0.25) is 0 Å². The molecule has 5 nitrogen and oxygen atoms in total. The van der Waals surface area contributed by atoms with Gasteiger partial charge in [-0.25, -0.2) is 0 Å². The number of carboxylic acid groups (broad SMARTS) is 1. The van der Waals surface area contributed by atoms with Crippen LogP contribution in [-0.4, -0.2) is 28.8 Å². The molecule has 0 saturated carbocycles. The highest BCUT2D eigenvalue weighted by Crippen LogP contribution is 2.07. The van der Waals surface area contributed by atoms with Gasteiger partial charge >= 0.3 is 5.97 Å². The van der Waals surface area contributed by atoms with Crippen molar-refractivity contribution < 1.29 is 14.3 Å². The van der Waals surface area contributed by atoms with E-state index in [4.69, 9.17) is 10.8 Å². The van der Waals surface area contributed by atoms with Crippen LogP contribution in [-0.2, 0) is 17.6 Å². The van der Waals surface area contributed by atoms with Crippen molar-refractivity contribution >= 4 is 5.97 Å². The summed E-state index contributed by atoms with van der Waals surface area (Å²) in [5, 5.41) is 8.64. The third kappa shape index (κ3) is 3.16. The SMILES string of the molecule is N[C@H](Cc1[nH]c(=O)ccc1CCF)C(=O)O. The number of aliphatic carboxylic acids is 1. The highest BCUT2D eigenvalue weighted by atomic mass is 19.1. The largest absolute Gasteiger partial charge is 0.480 e. The van der Waals surface area contributed by atoms with E-state index in [0.29, 0.717) is 11.3 Å². The first-order valence-electron chi connectivity index (χ1n) is 4.80. The predicted molar refractivity (Wildman–Crippen MR) is 56.1 cm³/mol. The van der Waals surface area contributed by atoms with Crippen LogP contribution >= 0.6 is 0 Å². The summed E-state index contributed by atoms with van der Waals surface area (Å²) in [6.07, 6.45) is 0.124. The molecule has 1 rings (SSSR count). The van der Waals surface area contributed by atoms with Crippen LogP contribution in [0.1, 0.15) is 11.3 Å². The number of aromatic nitrogens is 1. The van der Waals surface area contributed by atoms with E-state index in [2.05, 4.69) is 4.98 Å². The Kier molecular flexibility index (Phi) is 4.19. The Balaban J connectivity index is 2.95. The number of halogens is 1. The van der Waals surface area contributed by atoms with Crippen LogP contribution in [0, 0.1) is 0 Å².